The van der Waals surface area contributed by atoms with Crippen LogP contribution in [0.25, 0.3) is 10.9 Å². The first-order valence-electron chi connectivity index (χ1n) is 7.68. The van der Waals surface area contributed by atoms with E-state index in [4.69, 9.17) is 9.05 Å². The van der Waals surface area contributed by atoms with E-state index >= 15 is 0 Å². The topological polar surface area (TPSA) is 101 Å². The summed E-state index contributed by atoms with van der Waals surface area (Å²) in [6.45, 7) is 0.463. The number of likely N-dealkylation sites (N-methyl/N-ethyl adjacent to an activating group) is 1. The smallest absolute Gasteiger partial charge is 0.361 e. The number of benzene rings is 1. The number of nitrogens with zero attached hydrogens (tertiary/aromatic N) is 1. The number of nitrogens with one attached hydrogen (secondary N) is 2. The van der Waals surface area contributed by atoms with Crippen LogP contribution >= 0.6 is 7.75 Å². The second kappa shape index (κ2) is 7.99. The Morgan fingerprint density at radius 1 is 1.28 bits per heavy atom. The Bertz CT molecular complexity index is 872. The highest BCUT2D eigenvalue weighted by Gasteiger charge is 2.27. The summed E-state index contributed by atoms with van der Waals surface area (Å²) in [5.41, 5.74) is 2.63. The van der Waals surface area contributed by atoms with Gasteiger partial charge in [-0.05, 0) is 43.8 Å². The molecule has 140 valence electrons. The molecule has 1 heterocycles. The van der Waals surface area contributed by atoms with E-state index < -0.39 is 17.8 Å². The van der Waals surface area contributed by atoms with E-state index in [2.05, 4.69) is 9.71 Å². The molecule has 0 fully saturated rings. The van der Waals surface area contributed by atoms with Crippen LogP contribution in [0.15, 0.2) is 24.4 Å². The summed E-state index contributed by atoms with van der Waals surface area (Å²) in [6, 6.07) is 5.51. The lowest BCUT2D eigenvalue weighted by Crippen LogP contribution is -2.20. The fourth-order valence-electron chi connectivity index (χ4n) is 2.57. The van der Waals surface area contributed by atoms with Crippen molar-refractivity contribution in [3.8, 4) is 0 Å². The minimum absolute atomic E-state index is 0.0769. The van der Waals surface area contributed by atoms with Crippen molar-refractivity contribution in [3.63, 3.8) is 0 Å². The molecular formula is C15H24N3O5PS. The van der Waals surface area contributed by atoms with E-state index in [1.807, 2.05) is 18.3 Å². The average molecular weight is 389 g/mol. The molecule has 0 bridgehead atoms. The van der Waals surface area contributed by atoms with Crippen LogP contribution in [0.1, 0.15) is 11.1 Å². The molecular weight excluding hydrogens is 365 g/mol. The van der Waals surface area contributed by atoms with Crippen LogP contribution in [0.4, 0.5) is 0 Å². The van der Waals surface area contributed by atoms with Gasteiger partial charge >= 0.3 is 7.75 Å². The Hall–Kier alpha value is -1.22. The molecule has 2 rings (SSSR count). The van der Waals surface area contributed by atoms with Gasteiger partial charge < -0.3 is 4.98 Å². The number of sulfonamides is 1. The lowest BCUT2D eigenvalue weighted by Gasteiger charge is -2.23. The van der Waals surface area contributed by atoms with E-state index in [0.717, 1.165) is 16.5 Å². The maximum absolute atomic E-state index is 12.3. The van der Waals surface area contributed by atoms with Crippen LogP contribution in [0.5, 0.6) is 0 Å². The third-order valence-corrected chi connectivity index (χ3v) is 7.38. The SMILES string of the molecule is CNS(=O)(=O)Cc1ccc2[nH]cc(CCN(C)P(=O)(OC)OC)c2c1. The first-order valence-corrected chi connectivity index (χ1v) is 10.8. The van der Waals surface area contributed by atoms with Gasteiger partial charge in [0.05, 0.1) is 5.75 Å². The predicted molar refractivity (Wildman–Crippen MR) is 97.9 cm³/mol. The van der Waals surface area contributed by atoms with Gasteiger partial charge in [0, 0.05) is 37.9 Å². The van der Waals surface area contributed by atoms with Gasteiger partial charge in [-0.15, -0.1) is 0 Å². The van der Waals surface area contributed by atoms with Crippen molar-refractivity contribution >= 4 is 28.7 Å². The number of hydrogen-bond donors (Lipinski definition) is 2. The lowest BCUT2D eigenvalue weighted by atomic mass is 10.1. The third-order valence-electron chi connectivity index (χ3n) is 4.08. The molecule has 0 aliphatic carbocycles. The summed E-state index contributed by atoms with van der Waals surface area (Å²) < 4.78 is 49.6. The van der Waals surface area contributed by atoms with E-state index in [9.17, 15) is 13.0 Å². The lowest BCUT2D eigenvalue weighted by molar-refractivity contribution is 0.221. The molecule has 0 aliphatic rings. The Balaban J connectivity index is 2.20. The van der Waals surface area contributed by atoms with Gasteiger partial charge in [0.2, 0.25) is 10.0 Å². The summed E-state index contributed by atoms with van der Waals surface area (Å²) in [5, 5.41) is 0.946. The van der Waals surface area contributed by atoms with Crippen LogP contribution in [0, 0.1) is 0 Å². The quantitative estimate of drug-likeness (QED) is 0.637. The minimum atomic E-state index is -3.33. The van der Waals surface area contributed by atoms with Gasteiger partial charge in [0.25, 0.3) is 0 Å². The van der Waals surface area contributed by atoms with Crippen molar-refractivity contribution < 1.29 is 22.0 Å². The maximum atomic E-state index is 12.3. The molecule has 0 saturated heterocycles. The first-order chi connectivity index (χ1) is 11.7. The summed E-state index contributed by atoms with van der Waals surface area (Å²) in [6.07, 6.45) is 2.48. The van der Waals surface area contributed by atoms with Crippen LogP contribution in [-0.2, 0) is 35.8 Å². The number of aromatic amines is 1. The number of aromatic nitrogens is 1. The molecule has 1 aromatic carbocycles. The molecule has 0 radical (unpaired) electrons. The molecule has 25 heavy (non-hydrogen) atoms. The Kier molecular flexibility index (Phi) is 6.42. The Morgan fingerprint density at radius 2 is 1.96 bits per heavy atom. The zero-order chi connectivity index (χ0) is 18.7. The standard InChI is InChI=1S/C15H24N3O5PS/c1-16-25(20,21)11-12-5-6-15-14(9-12)13(10-17-15)7-8-18(2)24(19,22-3)23-4/h5-6,9-10,16-17H,7-8,11H2,1-4H3. The third kappa shape index (κ3) is 4.69. The highest BCUT2D eigenvalue weighted by atomic mass is 32.2. The van der Waals surface area contributed by atoms with Crippen molar-refractivity contribution in [2.75, 3.05) is 34.9 Å². The fourth-order valence-corrected chi connectivity index (χ4v) is 4.39. The fraction of sp³-hybridized carbons (Fsp3) is 0.467. The molecule has 2 aromatic rings. The molecule has 1 aromatic heterocycles. The predicted octanol–water partition coefficient (Wildman–Crippen LogP) is 2.09. The van der Waals surface area contributed by atoms with E-state index in [-0.39, 0.29) is 5.75 Å². The first kappa shape index (κ1) is 20.1. The highest BCUT2D eigenvalue weighted by molar-refractivity contribution is 7.88. The van der Waals surface area contributed by atoms with Crippen molar-refractivity contribution in [1.82, 2.24) is 14.4 Å². The normalized spacial score (nSPS) is 13.0. The van der Waals surface area contributed by atoms with Crippen LogP contribution in [0.3, 0.4) is 0 Å². The molecule has 0 saturated carbocycles. The second-order valence-corrected chi connectivity index (χ2v) is 9.90. The number of rotatable bonds is 9. The van der Waals surface area contributed by atoms with E-state index in [1.165, 1.54) is 21.3 Å². The molecule has 10 heteroatoms. The number of fused-ring (bicyclic) bond motifs is 1. The van der Waals surface area contributed by atoms with Gasteiger partial charge in [0.1, 0.15) is 0 Å². The molecule has 0 spiro atoms. The van der Waals surface area contributed by atoms with Gasteiger partial charge in [-0.3, -0.25) is 9.05 Å². The van der Waals surface area contributed by atoms with Crippen LogP contribution < -0.4 is 4.72 Å². The summed E-state index contributed by atoms with van der Waals surface area (Å²) in [5.74, 6) is -0.0769. The van der Waals surface area contributed by atoms with Crippen molar-refractivity contribution in [1.29, 1.82) is 0 Å². The average Bonchev–Trinajstić information content (AvgIpc) is 3.00. The Morgan fingerprint density at radius 3 is 2.56 bits per heavy atom. The Labute approximate surface area is 148 Å². The monoisotopic (exact) mass is 389 g/mol. The number of H-pyrrole nitrogens is 1. The van der Waals surface area contributed by atoms with Gasteiger partial charge in [-0.25, -0.2) is 22.4 Å². The minimum Gasteiger partial charge on any atom is -0.361 e. The molecule has 8 nitrogen and oxygen atoms in total. The zero-order valence-corrected chi connectivity index (χ0v) is 16.5. The second-order valence-electron chi connectivity index (χ2n) is 5.62. The molecule has 0 aliphatic heterocycles. The summed E-state index contributed by atoms with van der Waals surface area (Å²) in [7, 11) is -0.816. The largest absolute Gasteiger partial charge is 0.407 e. The summed E-state index contributed by atoms with van der Waals surface area (Å²) >= 11 is 0. The highest BCUT2D eigenvalue weighted by Crippen LogP contribution is 2.49. The molecule has 0 atom stereocenters. The van der Waals surface area contributed by atoms with E-state index in [1.54, 1.807) is 17.8 Å². The molecule has 2 N–H and O–H groups in total. The molecule has 0 amide bonds. The van der Waals surface area contributed by atoms with Gasteiger partial charge in [-0.1, -0.05) is 6.07 Å². The molecule has 0 unspecified atom stereocenters. The summed E-state index contributed by atoms with van der Waals surface area (Å²) in [4.78, 5) is 3.17. The van der Waals surface area contributed by atoms with Crippen molar-refractivity contribution in [2.45, 2.75) is 12.2 Å². The van der Waals surface area contributed by atoms with Crippen molar-refractivity contribution in [3.05, 3.63) is 35.5 Å². The maximum Gasteiger partial charge on any atom is 0.407 e. The van der Waals surface area contributed by atoms with Crippen LogP contribution in [0.2, 0.25) is 0 Å². The zero-order valence-electron chi connectivity index (χ0n) is 14.8. The number of hydrogen-bond acceptors (Lipinski definition) is 5. The van der Waals surface area contributed by atoms with Crippen molar-refractivity contribution in [2.24, 2.45) is 0 Å². The van der Waals surface area contributed by atoms with Crippen LogP contribution in [-0.4, -0.2) is 52.9 Å². The van der Waals surface area contributed by atoms with Gasteiger partial charge in [0.15, 0.2) is 0 Å². The van der Waals surface area contributed by atoms with E-state index in [0.29, 0.717) is 18.5 Å². The van der Waals surface area contributed by atoms with Gasteiger partial charge in [-0.2, -0.15) is 0 Å².